The molecule has 0 bridgehead atoms. The van der Waals surface area contributed by atoms with Gasteiger partial charge < -0.3 is 26.2 Å². The Bertz CT molecular complexity index is 928. The Balaban J connectivity index is 2.20. The third-order valence-electron chi connectivity index (χ3n) is 5.12. The van der Waals surface area contributed by atoms with E-state index in [-0.39, 0.29) is 13.0 Å². The summed E-state index contributed by atoms with van der Waals surface area (Å²) in [6.07, 6.45) is -0.937. The van der Waals surface area contributed by atoms with Crippen molar-refractivity contribution in [1.82, 2.24) is 10.6 Å². The van der Waals surface area contributed by atoms with E-state index in [1.807, 2.05) is 60.7 Å². The molecule has 2 rings (SSSR count). The smallest absolute Gasteiger partial charge is 0.407 e. The van der Waals surface area contributed by atoms with Gasteiger partial charge in [-0.05, 0) is 51.2 Å². The molecule has 34 heavy (non-hydrogen) atoms. The maximum absolute atomic E-state index is 12.8. The highest BCUT2D eigenvalue weighted by Crippen LogP contribution is 2.19. The summed E-state index contributed by atoms with van der Waals surface area (Å²) in [4.78, 5) is 36.5. The van der Waals surface area contributed by atoms with E-state index in [4.69, 9.17) is 10.5 Å². The molecule has 3 amide bonds. The Morgan fingerprint density at radius 1 is 0.941 bits per heavy atom. The van der Waals surface area contributed by atoms with Gasteiger partial charge in [0.25, 0.3) is 0 Å². The molecule has 8 nitrogen and oxygen atoms in total. The van der Waals surface area contributed by atoms with Crippen LogP contribution in [0.5, 0.6) is 0 Å². The fourth-order valence-corrected chi connectivity index (χ4v) is 3.57. The minimum Gasteiger partial charge on any atom is -0.444 e. The molecule has 0 radical (unpaired) electrons. The van der Waals surface area contributed by atoms with Gasteiger partial charge in [0.2, 0.25) is 11.8 Å². The van der Waals surface area contributed by atoms with Crippen molar-refractivity contribution in [1.29, 1.82) is 0 Å². The van der Waals surface area contributed by atoms with E-state index in [9.17, 15) is 19.5 Å². The molecule has 184 valence electrons. The Morgan fingerprint density at radius 3 is 1.97 bits per heavy atom. The Kier molecular flexibility index (Phi) is 10.1. The van der Waals surface area contributed by atoms with Gasteiger partial charge in [0.1, 0.15) is 5.60 Å². The molecule has 0 spiro atoms. The zero-order chi connectivity index (χ0) is 25.1. The summed E-state index contributed by atoms with van der Waals surface area (Å²) >= 11 is 0. The van der Waals surface area contributed by atoms with Crippen molar-refractivity contribution < 1.29 is 24.2 Å². The van der Waals surface area contributed by atoms with Crippen molar-refractivity contribution in [2.75, 3.05) is 6.54 Å². The Morgan fingerprint density at radius 2 is 1.47 bits per heavy atom. The molecule has 0 saturated carbocycles. The van der Waals surface area contributed by atoms with Crippen molar-refractivity contribution in [3.8, 4) is 0 Å². The van der Waals surface area contributed by atoms with Crippen molar-refractivity contribution >= 4 is 17.9 Å². The Labute approximate surface area is 200 Å². The predicted molar refractivity (Wildman–Crippen MR) is 130 cm³/mol. The van der Waals surface area contributed by atoms with E-state index in [0.29, 0.717) is 12.8 Å². The zero-order valence-corrected chi connectivity index (χ0v) is 20.0. The molecule has 0 unspecified atom stereocenters. The molecule has 3 atom stereocenters. The van der Waals surface area contributed by atoms with Gasteiger partial charge in [-0.15, -0.1) is 0 Å². The monoisotopic (exact) mass is 469 g/mol. The fraction of sp³-hybridized carbons (Fsp3) is 0.423. The number of aliphatic hydroxyl groups is 1. The number of ether oxygens (including phenoxy) is 1. The summed E-state index contributed by atoms with van der Waals surface area (Å²) in [5.74, 6) is -1.69. The molecule has 2 aromatic rings. The zero-order valence-electron chi connectivity index (χ0n) is 20.0. The highest BCUT2D eigenvalue weighted by molar-refractivity contribution is 5.85. The van der Waals surface area contributed by atoms with Crippen LogP contribution in [0.4, 0.5) is 4.79 Å². The number of benzene rings is 2. The molecule has 0 fully saturated rings. The van der Waals surface area contributed by atoms with Gasteiger partial charge in [-0.25, -0.2) is 4.79 Å². The first-order valence-electron chi connectivity index (χ1n) is 11.3. The first kappa shape index (κ1) is 26.9. The number of nitrogens with two attached hydrogens (primary N) is 1. The van der Waals surface area contributed by atoms with Crippen LogP contribution in [0, 0.1) is 5.92 Å². The van der Waals surface area contributed by atoms with Crippen LogP contribution in [0.1, 0.15) is 38.3 Å². The van der Waals surface area contributed by atoms with E-state index in [0.717, 1.165) is 11.1 Å². The average molecular weight is 470 g/mol. The molecular weight excluding hydrogens is 434 g/mol. The molecular formula is C26H35N3O5. The third-order valence-corrected chi connectivity index (χ3v) is 5.12. The SMILES string of the molecule is CC(C)(C)OC(=O)N[C@@H](Cc1ccccc1)[C@@H](O)C[C@@H](Cc1ccccc1)C(=O)NCC(N)=O. The summed E-state index contributed by atoms with van der Waals surface area (Å²) in [5.41, 5.74) is 6.30. The number of carbonyl (C=O) groups excluding carboxylic acids is 3. The van der Waals surface area contributed by atoms with E-state index in [1.165, 1.54) is 0 Å². The lowest BCUT2D eigenvalue weighted by Crippen LogP contribution is -2.48. The van der Waals surface area contributed by atoms with E-state index < -0.39 is 41.6 Å². The average Bonchev–Trinajstić information content (AvgIpc) is 2.76. The molecule has 5 N–H and O–H groups in total. The second kappa shape index (κ2) is 12.7. The van der Waals surface area contributed by atoms with E-state index >= 15 is 0 Å². The van der Waals surface area contributed by atoms with Crippen molar-refractivity contribution in [3.63, 3.8) is 0 Å². The number of hydrogen-bond donors (Lipinski definition) is 4. The molecule has 0 heterocycles. The minimum atomic E-state index is -1.05. The van der Waals surface area contributed by atoms with Gasteiger partial charge in [-0.1, -0.05) is 60.7 Å². The summed E-state index contributed by atoms with van der Waals surface area (Å²) in [7, 11) is 0. The quantitative estimate of drug-likeness (QED) is 0.401. The van der Waals surface area contributed by atoms with Gasteiger partial charge in [0.15, 0.2) is 0 Å². The predicted octanol–water partition coefficient (Wildman–Crippen LogP) is 2.33. The van der Waals surface area contributed by atoms with Crippen LogP contribution < -0.4 is 16.4 Å². The third kappa shape index (κ3) is 10.0. The summed E-state index contributed by atoms with van der Waals surface area (Å²) < 4.78 is 5.38. The summed E-state index contributed by atoms with van der Waals surface area (Å²) in [6, 6.07) is 18.1. The van der Waals surface area contributed by atoms with Gasteiger partial charge in [0.05, 0.1) is 18.7 Å². The second-order valence-electron chi connectivity index (χ2n) is 9.32. The lowest BCUT2D eigenvalue weighted by atomic mass is 9.88. The maximum atomic E-state index is 12.8. The van der Waals surface area contributed by atoms with E-state index in [2.05, 4.69) is 10.6 Å². The topological polar surface area (TPSA) is 131 Å². The van der Waals surface area contributed by atoms with Crippen LogP contribution >= 0.6 is 0 Å². The molecule has 0 aliphatic rings. The van der Waals surface area contributed by atoms with Gasteiger partial charge in [0, 0.05) is 5.92 Å². The summed E-state index contributed by atoms with van der Waals surface area (Å²) in [6.45, 7) is 4.99. The number of rotatable bonds is 11. The van der Waals surface area contributed by atoms with Crippen molar-refractivity contribution in [2.45, 2.75) is 57.8 Å². The van der Waals surface area contributed by atoms with E-state index in [1.54, 1.807) is 20.8 Å². The maximum Gasteiger partial charge on any atom is 0.407 e. The molecule has 0 aromatic heterocycles. The Hall–Kier alpha value is -3.39. The van der Waals surface area contributed by atoms with Crippen LogP contribution in [0.2, 0.25) is 0 Å². The largest absolute Gasteiger partial charge is 0.444 e. The molecule has 8 heteroatoms. The van der Waals surface area contributed by atoms with Crippen molar-refractivity contribution in [3.05, 3.63) is 71.8 Å². The number of alkyl carbamates (subject to hydrolysis) is 1. The highest BCUT2D eigenvalue weighted by atomic mass is 16.6. The number of hydrogen-bond acceptors (Lipinski definition) is 5. The first-order chi connectivity index (χ1) is 16.0. The highest BCUT2D eigenvalue weighted by Gasteiger charge is 2.30. The van der Waals surface area contributed by atoms with Gasteiger partial charge in [-0.2, -0.15) is 0 Å². The number of aliphatic hydroxyl groups excluding tert-OH is 1. The molecule has 0 aliphatic heterocycles. The first-order valence-corrected chi connectivity index (χ1v) is 11.3. The van der Waals surface area contributed by atoms with Crippen LogP contribution in [0.15, 0.2) is 60.7 Å². The number of primary amides is 1. The molecule has 2 aromatic carbocycles. The van der Waals surface area contributed by atoms with Crippen molar-refractivity contribution in [2.24, 2.45) is 11.7 Å². The molecule has 0 saturated heterocycles. The number of amides is 3. The number of nitrogens with one attached hydrogen (secondary N) is 2. The van der Waals surface area contributed by atoms with Crippen LogP contribution in [0.25, 0.3) is 0 Å². The standard InChI is InChI=1S/C26H35N3O5/c1-26(2,3)34-25(33)29-21(15-19-12-8-5-9-13-19)22(30)16-20(24(32)28-17-23(27)31)14-18-10-6-4-7-11-18/h4-13,20-22,30H,14-17H2,1-3H3,(H2,27,31)(H,28,32)(H,29,33)/t20-,21+,22+/m1/s1. The van der Waals surface area contributed by atoms with Gasteiger partial charge >= 0.3 is 6.09 Å². The van der Waals surface area contributed by atoms with Gasteiger partial charge in [-0.3, -0.25) is 9.59 Å². The molecule has 0 aliphatic carbocycles. The number of carbonyl (C=O) groups is 3. The lowest BCUT2D eigenvalue weighted by Gasteiger charge is -2.29. The second-order valence-corrected chi connectivity index (χ2v) is 9.32. The minimum absolute atomic E-state index is 0.0623. The van der Waals surface area contributed by atoms with Crippen LogP contribution in [-0.2, 0) is 27.2 Å². The van der Waals surface area contributed by atoms with Crippen LogP contribution in [-0.4, -0.2) is 47.3 Å². The van der Waals surface area contributed by atoms with Crippen LogP contribution in [0.3, 0.4) is 0 Å². The summed E-state index contributed by atoms with van der Waals surface area (Å²) in [5, 5.41) is 16.4. The lowest BCUT2D eigenvalue weighted by molar-refractivity contribution is -0.128. The fourth-order valence-electron chi connectivity index (χ4n) is 3.57. The normalized spacial score (nSPS) is 13.9.